The minimum atomic E-state index is -1.04. The van der Waals surface area contributed by atoms with Crippen molar-refractivity contribution in [3.8, 4) is 5.75 Å². The third-order valence-corrected chi connectivity index (χ3v) is 1.93. The quantitative estimate of drug-likeness (QED) is 0.415. The van der Waals surface area contributed by atoms with Crippen molar-refractivity contribution in [3.05, 3.63) is 34.4 Å². The first-order valence-electron chi connectivity index (χ1n) is 5.05. The molecule has 0 aliphatic heterocycles. The SMILES string of the molecule is CC(O)Oc1cccc(N(CC(N)=O)[N+](=O)[O-])c1. The standard InChI is InChI=1S/C10H13N3O5/c1-7(14)18-9-4-2-3-8(5-9)12(13(16)17)6-10(11)15/h2-5,7,14H,6H2,1H3,(H2,11,15). The monoisotopic (exact) mass is 255 g/mol. The van der Waals surface area contributed by atoms with Gasteiger partial charge in [0.2, 0.25) is 5.91 Å². The molecule has 0 fully saturated rings. The van der Waals surface area contributed by atoms with E-state index in [1.165, 1.54) is 31.2 Å². The molecular weight excluding hydrogens is 242 g/mol. The number of carbonyl (C=O) groups is 1. The van der Waals surface area contributed by atoms with Gasteiger partial charge in [-0.15, -0.1) is 0 Å². The first kappa shape index (κ1) is 13.7. The summed E-state index contributed by atoms with van der Waals surface area (Å²) in [6.45, 7) is 0.854. The van der Waals surface area contributed by atoms with E-state index < -0.39 is 23.8 Å². The number of amides is 1. The molecule has 8 heteroatoms. The summed E-state index contributed by atoms with van der Waals surface area (Å²) in [6, 6.07) is 5.79. The molecule has 0 radical (unpaired) electrons. The molecule has 0 aliphatic rings. The molecule has 1 atom stereocenters. The average molecular weight is 255 g/mol. The molecule has 0 aromatic heterocycles. The number of aliphatic hydroxyl groups excluding tert-OH is 1. The number of rotatable bonds is 6. The Labute approximate surface area is 103 Å². The van der Waals surface area contributed by atoms with Crippen LogP contribution >= 0.6 is 0 Å². The zero-order valence-electron chi connectivity index (χ0n) is 9.65. The molecule has 8 nitrogen and oxygen atoms in total. The fraction of sp³-hybridized carbons (Fsp3) is 0.300. The highest BCUT2D eigenvalue weighted by atomic mass is 16.7. The maximum Gasteiger partial charge on any atom is 0.243 e. The number of ether oxygens (including phenoxy) is 1. The van der Waals surface area contributed by atoms with Gasteiger partial charge in [0.25, 0.3) is 0 Å². The highest BCUT2D eigenvalue weighted by molar-refractivity contribution is 5.78. The number of anilines is 1. The maximum atomic E-state index is 10.8. The number of nitro groups is 1. The molecule has 0 aliphatic carbocycles. The summed E-state index contributed by atoms with van der Waals surface area (Å²) in [7, 11) is 0. The second-order valence-corrected chi connectivity index (χ2v) is 3.48. The highest BCUT2D eigenvalue weighted by Crippen LogP contribution is 2.21. The number of nitrogens with two attached hydrogens (primary N) is 1. The summed E-state index contributed by atoms with van der Waals surface area (Å²) in [5.74, 6) is -0.577. The number of hydrogen-bond acceptors (Lipinski definition) is 5. The van der Waals surface area contributed by atoms with Gasteiger partial charge in [-0.1, -0.05) is 11.1 Å². The van der Waals surface area contributed by atoms with Gasteiger partial charge in [0.15, 0.2) is 17.9 Å². The molecule has 0 saturated heterocycles. The van der Waals surface area contributed by atoms with Crippen LogP contribution in [0.15, 0.2) is 24.3 Å². The van der Waals surface area contributed by atoms with Crippen molar-refractivity contribution < 1.29 is 19.7 Å². The van der Waals surface area contributed by atoms with Crippen LogP contribution in [0.5, 0.6) is 5.75 Å². The van der Waals surface area contributed by atoms with E-state index in [1.807, 2.05) is 0 Å². The smallest absolute Gasteiger partial charge is 0.243 e. The number of aliphatic hydroxyl groups is 1. The predicted molar refractivity (Wildman–Crippen MR) is 62.3 cm³/mol. The average Bonchev–Trinajstić information content (AvgIpc) is 2.24. The largest absolute Gasteiger partial charge is 0.465 e. The minimum Gasteiger partial charge on any atom is -0.465 e. The van der Waals surface area contributed by atoms with Crippen LogP contribution in [0.1, 0.15) is 6.92 Å². The van der Waals surface area contributed by atoms with Crippen LogP contribution in [0.3, 0.4) is 0 Å². The third kappa shape index (κ3) is 3.91. The van der Waals surface area contributed by atoms with Gasteiger partial charge < -0.3 is 15.6 Å². The molecular formula is C10H13N3O5. The molecule has 1 aromatic carbocycles. The summed E-state index contributed by atoms with van der Waals surface area (Å²) >= 11 is 0. The van der Waals surface area contributed by atoms with Crippen LogP contribution in [0, 0.1) is 10.1 Å². The van der Waals surface area contributed by atoms with Crippen LogP contribution in [0.2, 0.25) is 0 Å². The Balaban J connectivity index is 2.97. The fourth-order valence-corrected chi connectivity index (χ4v) is 1.31. The van der Waals surface area contributed by atoms with Crippen molar-refractivity contribution in [1.29, 1.82) is 0 Å². The van der Waals surface area contributed by atoms with Crippen molar-refractivity contribution in [3.63, 3.8) is 0 Å². The zero-order chi connectivity index (χ0) is 13.7. The van der Waals surface area contributed by atoms with Crippen molar-refractivity contribution in [2.75, 3.05) is 11.6 Å². The Morgan fingerprint density at radius 3 is 2.83 bits per heavy atom. The molecule has 0 heterocycles. The lowest BCUT2D eigenvalue weighted by molar-refractivity contribution is -0.493. The van der Waals surface area contributed by atoms with Gasteiger partial charge in [-0.2, -0.15) is 0 Å². The Kier molecular flexibility index (Phi) is 4.44. The van der Waals surface area contributed by atoms with Crippen molar-refractivity contribution >= 4 is 11.6 Å². The van der Waals surface area contributed by atoms with E-state index in [0.29, 0.717) is 5.01 Å². The molecule has 18 heavy (non-hydrogen) atoms. The molecule has 0 spiro atoms. The second kappa shape index (κ2) is 5.82. The Morgan fingerprint density at radius 1 is 1.67 bits per heavy atom. The molecule has 1 rings (SSSR count). The topological polar surface area (TPSA) is 119 Å². The molecule has 98 valence electrons. The summed E-state index contributed by atoms with van der Waals surface area (Å²) in [5, 5.41) is 19.7. The molecule has 1 unspecified atom stereocenters. The molecule has 0 bridgehead atoms. The van der Waals surface area contributed by atoms with E-state index in [9.17, 15) is 14.9 Å². The van der Waals surface area contributed by atoms with Crippen molar-refractivity contribution in [2.45, 2.75) is 13.2 Å². The molecule has 0 saturated carbocycles. The first-order chi connectivity index (χ1) is 8.40. The van der Waals surface area contributed by atoms with Gasteiger partial charge >= 0.3 is 0 Å². The van der Waals surface area contributed by atoms with E-state index in [4.69, 9.17) is 15.6 Å². The van der Waals surface area contributed by atoms with E-state index in [1.54, 1.807) is 0 Å². The number of primary amides is 1. The number of benzene rings is 1. The third-order valence-electron chi connectivity index (χ3n) is 1.93. The van der Waals surface area contributed by atoms with Gasteiger partial charge in [0, 0.05) is 6.07 Å². The number of nitrogens with zero attached hydrogens (tertiary/aromatic N) is 2. The summed E-state index contributed by atoms with van der Waals surface area (Å²) in [5.41, 5.74) is 5.07. The number of carbonyl (C=O) groups excluding carboxylic acids is 1. The Hall–Kier alpha value is -2.35. The van der Waals surface area contributed by atoms with Crippen LogP contribution < -0.4 is 15.5 Å². The lowest BCUT2D eigenvalue weighted by atomic mass is 10.3. The minimum absolute atomic E-state index is 0.136. The zero-order valence-corrected chi connectivity index (χ0v) is 9.65. The van der Waals surface area contributed by atoms with Crippen molar-refractivity contribution in [1.82, 2.24) is 0 Å². The van der Waals surface area contributed by atoms with Crippen LogP contribution in [-0.4, -0.2) is 28.9 Å². The molecule has 1 amide bonds. The summed E-state index contributed by atoms with van der Waals surface area (Å²) < 4.78 is 4.98. The summed E-state index contributed by atoms with van der Waals surface area (Å²) in [4.78, 5) is 21.6. The normalized spacial score (nSPS) is 11.7. The lowest BCUT2D eigenvalue weighted by Gasteiger charge is -2.14. The van der Waals surface area contributed by atoms with Crippen molar-refractivity contribution in [2.24, 2.45) is 5.73 Å². The van der Waals surface area contributed by atoms with Gasteiger partial charge in [0.05, 0.1) is 0 Å². The van der Waals surface area contributed by atoms with Gasteiger partial charge in [-0.25, -0.2) is 10.1 Å². The second-order valence-electron chi connectivity index (χ2n) is 3.48. The van der Waals surface area contributed by atoms with E-state index in [0.717, 1.165) is 0 Å². The fourth-order valence-electron chi connectivity index (χ4n) is 1.31. The van der Waals surface area contributed by atoms with Gasteiger partial charge in [0.1, 0.15) is 11.4 Å². The van der Waals surface area contributed by atoms with Gasteiger partial charge in [-0.05, 0) is 19.1 Å². The lowest BCUT2D eigenvalue weighted by Crippen LogP contribution is -2.38. The summed E-state index contributed by atoms with van der Waals surface area (Å²) in [6.07, 6.45) is -1.04. The van der Waals surface area contributed by atoms with Crippen LogP contribution in [0.25, 0.3) is 0 Å². The van der Waals surface area contributed by atoms with Crippen LogP contribution in [0.4, 0.5) is 5.69 Å². The van der Waals surface area contributed by atoms with Gasteiger partial charge in [-0.3, -0.25) is 4.79 Å². The van der Waals surface area contributed by atoms with Crippen LogP contribution in [-0.2, 0) is 4.79 Å². The Morgan fingerprint density at radius 2 is 2.33 bits per heavy atom. The number of hydrogen-bond donors (Lipinski definition) is 2. The van der Waals surface area contributed by atoms with E-state index >= 15 is 0 Å². The van der Waals surface area contributed by atoms with E-state index in [2.05, 4.69) is 0 Å². The molecule has 1 aromatic rings. The van der Waals surface area contributed by atoms with E-state index in [-0.39, 0.29) is 11.4 Å². The predicted octanol–water partition coefficient (Wildman–Crippen LogP) is -0.113. The first-order valence-corrected chi connectivity index (χ1v) is 5.05. The maximum absolute atomic E-state index is 10.8. The molecule has 3 N–H and O–H groups in total. The number of hydrazine groups is 1. The Bertz CT molecular complexity index is 449. The highest BCUT2D eigenvalue weighted by Gasteiger charge is 2.20.